The summed E-state index contributed by atoms with van der Waals surface area (Å²) in [7, 11) is 0. The Hall–Kier alpha value is -3.45. The molecule has 0 bridgehead atoms. The highest BCUT2D eigenvalue weighted by atomic mass is 16.5. The lowest BCUT2D eigenvalue weighted by Crippen LogP contribution is -2.48. The van der Waals surface area contributed by atoms with Crippen LogP contribution >= 0.6 is 0 Å². The van der Waals surface area contributed by atoms with Crippen molar-refractivity contribution in [2.24, 2.45) is 11.8 Å². The largest absolute Gasteiger partial charge is 0.463 e. The summed E-state index contributed by atoms with van der Waals surface area (Å²) in [6, 6.07) is 17.2. The van der Waals surface area contributed by atoms with E-state index in [-0.39, 0.29) is 55.4 Å². The Morgan fingerprint density at radius 1 is 1.03 bits per heavy atom. The molecule has 0 aromatic heterocycles. The van der Waals surface area contributed by atoms with Crippen molar-refractivity contribution >= 4 is 17.8 Å². The maximum atomic E-state index is 13.4. The minimum Gasteiger partial charge on any atom is -0.463 e. The molecule has 0 aliphatic carbocycles. The van der Waals surface area contributed by atoms with Crippen LogP contribution in [-0.4, -0.2) is 53.1 Å². The first-order valence-corrected chi connectivity index (χ1v) is 14.1. The van der Waals surface area contributed by atoms with Crippen molar-refractivity contribution in [2.75, 3.05) is 13.2 Å². The summed E-state index contributed by atoms with van der Waals surface area (Å²) in [5.41, 5.74) is 3.33. The van der Waals surface area contributed by atoms with E-state index in [1.165, 1.54) is 0 Å². The van der Waals surface area contributed by atoms with Crippen molar-refractivity contribution in [2.45, 2.75) is 70.5 Å². The highest BCUT2D eigenvalue weighted by Gasteiger charge is 2.32. The maximum absolute atomic E-state index is 13.4. The van der Waals surface area contributed by atoms with Crippen molar-refractivity contribution in [3.8, 4) is 0 Å². The lowest BCUT2D eigenvalue weighted by molar-refractivity contribution is -0.150. The van der Waals surface area contributed by atoms with Gasteiger partial charge in [-0.15, -0.1) is 0 Å². The molecule has 2 N–H and O–H groups in total. The molecule has 0 saturated carbocycles. The number of fused-ring (bicyclic) bond motifs is 1. The van der Waals surface area contributed by atoms with E-state index in [4.69, 9.17) is 4.74 Å². The van der Waals surface area contributed by atoms with Gasteiger partial charge >= 0.3 is 5.97 Å². The average molecular weight is 533 g/mol. The zero-order chi connectivity index (χ0) is 27.6. The normalized spacial score (nSPS) is 24.7. The number of carbonyl (C=O) groups excluding carboxylic acids is 3. The summed E-state index contributed by atoms with van der Waals surface area (Å²) in [4.78, 5) is 41.3. The number of benzene rings is 2. The molecule has 2 heterocycles. The van der Waals surface area contributed by atoms with Crippen LogP contribution in [0.15, 0.2) is 66.7 Å². The van der Waals surface area contributed by atoms with Crippen LogP contribution in [0.3, 0.4) is 0 Å². The Bertz CT molecular complexity index is 1150. The van der Waals surface area contributed by atoms with Gasteiger partial charge in [-0.25, -0.2) is 0 Å². The van der Waals surface area contributed by atoms with Crippen LogP contribution in [0, 0.1) is 11.8 Å². The van der Waals surface area contributed by atoms with Crippen LogP contribution < -0.4 is 5.32 Å². The molecule has 2 aromatic carbocycles. The second-order valence-corrected chi connectivity index (χ2v) is 10.8. The molecule has 0 radical (unpaired) electrons. The Morgan fingerprint density at radius 2 is 1.77 bits per heavy atom. The molecule has 2 aliphatic rings. The van der Waals surface area contributed by atoms with Crippen molar-refractivity contribution in [1.82, 2.24) is 10.2 Å². The van der Waals surface area contributed by atoms with Crippen molar-refractivity contribution in [3.05, 3.63) is 83.4 Å². The highest BCUT2D eigenvalue weighted by molar-refractivity contribution is 5.86. The van der Waals surface area contributed by atoms with Gasteiger partial charge in [0.25, 0.3) is 0 Å². The molecule has 0 saturated heterocycles. The predicted octanol–water partition coefficient (Wildman–Crippen LogP) is 3.98. The highest BCUT2D eigenvalue weighted by Crippen LogP contribution is 2.26. The number of nitrogens with zero attached hydrogens (tertiary/aromatic N) is 1. The fourth-order valence-corrected chi connectivity index (χ4v) is 5.44. The van der Waals surface area contributed by atoms with E-state index in [9.17, 15) is 19.5 Å². The first-order chi connectivity index (χ1) is 18.9. The number of hydrogen-bond acceptors (Lipinski definition) is 5. The molecule has 208 valence electrons. The third-order valence-electron chi connectivity index (χ3n) is 7.71. The molecule has 0 spiro atoms. The minimum absolute atomic E-state index is 0.0560. The second kappa shape index (κ2) is 14.1. The SMILES string of the molecule is CC1COC(=O)C(Cc2ccccc2)CCCC=CCC(CC(=O)N2Cc3ccccc3CC2CO)C(=O)N1. The summed E-state index contributed by atoms with van der Waals surface area (Å²) in [5, 5.41) is 12.9. The zero-order valence-corrected chi connectivity index (χ0v) is 22.8. The van der Waals surface area contributed by atoms with Crippen molar-refractivity contribution in [3.63, 3.8) is 0 Å². The Morgan fingerprint density at radius 3 is 2.54 bits per heavy atom. The quantitative estimate of drug-likeness (QED) is 0.449. The third-order valence-corrected chi connectivity index (χ3v) is 7.71. The summed E-state index contributed by atoms with van der Waals surface area (Å²) in [6.07, 6.45) is 8.09. The number of aliphatic hydroxyl groups excluding tert-OH is 1. The van der Waals surface area contributed by atoms with Crippen molar-refractivity contribution in [1.29, 1.82) is 0 Å². The molecular formula is C32H40N2O5. The Balaban J connectivity index is 1.41. The van der Waals surface area contributed by atoms with E-state index < -0.39 is 5.92 Å². The van der Waals surface area contributed by atoms with Crippen molar-refractivity contribution < 1.29 is 24.2 Å². The molecule has 0 fully saturated rings. The van der Waals surface area contributed by atoms with Crippen LogP contribution in [0.4, 0.5) is 0 Å². The Labute approximate surface area is 231 Å². The number of rotatable bonds is 5. The summed E-state index contributed by atoms with van der Waals surface area (Å²) in [6.45, 7) is 2.20. The molecule has 2 aliphatic heterocycles. The minimum atomic E-state index is -0.544. The van der Waals surface area contributed by atoms with E-state index in [0.29, 0.717) is 25.8 Å². The lowest BCUT2D eigenvalue weighted by Gasteiger charge is -2.36. The van der Waals surface area contributed by atoms with Crippen LogP contribution in [-0.2, 0) is 38.5 Å². The predicted molar refractivity (Wildman–Crippen MR) is 149 cm³/mol. The number of ether oxygens (including phenoxy) is 1. The molecule has 7 nitrogen and oxygen atoms in total. The lowest BCUT2D eigenvalue weighted by atomic mass is 9.92. The van der Waals surface area contributed by atoms with E-state index in [1.807, 2.05) is 66.7 Å². The van der Waals surface area contributed by atoms with Gasteiger partial charge in [-0.1, -0.05) is 66.7 Å². The zero-order valence-electron chi connectivity index (χ0n) is 22.8. The third kappa shape index (κ3) is 8.02. The maximum Gasteiger partial charge on any atom is 0.309 e. The molecule has 4 rings (SSSR count). The fourth-order valence-electron chi connectivity index (χ4n) is 5.44. The van der Waals surface area contributed by atoms with Gasteiger partial charge in [0.2, 0.25) is 11.8 Å². The first kappa shape index (κ1) is 28.6. The van der Waals surface area contributed by atoms with Gasteiger partial charge in [0.1, 0.15) is 6.61 Å². The van der Waals surface area contributed by atoms with Gasteiger partial charge in [-0.2, -0.15) is 0 Å². The molecule has 7 heteroatoms. The molecule has 2 amide bonds. The van der Waals surface area contributed by atoms with Gasteiger partial charge in [-0.05, 0) is 62.1 Å². The number of cyclic esters (lactones) is 1. The summed E-state index contributed by atoms with van der Waals surface area (Å²) in [5.74, 6) is -1.38. The number of allylic oxidation sites excluding steroid dienone is 2. The molecule has 2 aromatic rings. The molecule has 4 atom stereocenters. The van der Waals surface area contributed by atoms with Gasteiger partial charge < -0.3 is 20.1 Å². The van der Waals surface area contributed by atoms with E-state index in [2.05, 4.69) is 5.32 Å². The van der Waals surface area contributed by atoms with E-state index in [1.54, 1.807) is 11.8 Å². The number of esters is 1. The fraction of sp³-hybridized carbons (Fsp3) is 0.469. The van der Waals surface area contributed by atoms with Gasteiger partial charge in [0.15, 0.2) is 0 Å². The van der Waals surface area contributed by atoms with E-state index >= 15 is 0 Å². The summed E-state index contributed by atoms with van der Waals surface area (Å²) >= 11 is 0. The molecule has 4 unspecified atom stereocenters. The molecule has 39 heavy (non-hydrogen) atoms. The number of carbonyl (C=O) groups is 3. The van der Waals surface area contributed by atoms with Gasteiger partial charge in [0, 0.05) is 13.0 Å². The number of amides is 2. The number of hydrogen-bond donors (Lipinski definition) is 2. The first-order valence-electron chi connectivity index (χ1n) is 14.1. The number of nitrogens with one attached hydrogen (secondary N) is 1. The standard InChI is InChI=1S/C32H40N2O5/c1-23-22-39-32(38)27(17-24-11-5-4-6-12-24)15-8-3-2-7-14-26(31(37)33-23)19-30(36)34-20-28-16-10-9-13-25(28)18-29(34)21-35/h2,4-7,9-13,16,23,26-27,29,35H,3,8,14-15,17-22H2,1H3,(H,33,37). The van der Waals surface area contributed by atoms with Crippen LogP contribution in [0.2, 0.25) is 0 Å². The smallest absolute Gasteiger partial charge is 0.309 e. The average Bonchev–Trinajstić information content (AvgIpc) is 2.95. The van der Waals surface area contributed by atoms with E-state index in [0.717, 1.165) is 36.0 Å². The van der Waals surface area contributed by atoms with Crippen LogP contribution in [0.5, 0.6) is 0 Å². The topological polar surface area (TPSA) is 95.9 Å². The van der Waals surface area contributed by atoms with Gasteiger partial charge in [0.05, 0.1) is 30.5 Å². The number of aliphatic hydroxyl groups is 1. The Kier molecular flexibility index (Phi) is 10.3. The summed E-state index contributed by atoms with van der Waals surface area (Å²) < 4.78 is 5.63. The van der Waals surface area contributed by atoms with Crippen LogP contribution in [0.1, 0.15) is 55.7 Å². The second-order valence-electron chi connectivity index (χ2n) is 10.8. The van der Waals surface area contributed by atoms with Gasteiger partial charge in [-0.3, -0.25) is 14.4 Å². The monoisotopic (exact) mass is 532 g/mol. The van der Waals surface area contributed by atoms with Crippen LogP contribution in [0.25, 0.3) is 0 Å². The molecular weight excluding hydrogens is 492 g/mol.